The number of nitrogens with zero attached hydrogens (tertiary/aromatic N) is 2. The lowest BCUT2D eigenvalue weighted by molar-refractivity contribution is 0.281. The maximum Gasteiger partial charge on any atom is 0.0712 e. The molecule has 0 aliphatic heterocycles. The Balaban J connectivity index is 2.46. The van der Waals surface area contributed by atoms with Gasteiger partial charge in [-0.25, -0.2) is 0 Å². The number of hydrogen-bond donors (Lipinski definition) is 1. The molecule has 0 atom stereocenters. The van der Waals surface area contributed by atoms with E-state index in [0.29, 0.717) is 5.41 Å². The van der Waals surface area contributed by atoms with Gasteiger partial charge in [-0.2, -0.15) is 5.10 Å². The van der Waals surface area contributed by atoms with Crippen molar-refractivity contribution in [3.05, 3.63) is 18.0 Å². The summed E-state index contributed by atoms with van der Waals surface area (Å²) >= 11 is 0. The molecule has 0 spiro atoms. The lowest BCUT2D eigenvalue weighted by Gasteiger charge is -2.17. The number of hydrogen-bond acceptors (Lipinski definition) is 2. The largest absolute Gasteiger partial charge is 0.392 e. The maximum atomic E-state index is 8.83. The average molecular weight is 182 g/mol. The van der Waals surface area contributed by atoms with Crippen LogP contribution in [-0.2, 0) is 13.2 Å². The predicted molar refractivity (Wildman–Crippen MR) is 52.2 cm³/mol. The minimum absolute atomic E-state index is 0.0789. The first kappa shape index (κ1) is 10.3. The predicted octanol–water partition coefficient (Wildman–Crippen LogP) is 1.81. The molecule has 0 amide bonds. The first-order chi connectivity index (χ1) is 6.01. The van der Waals surface area contributed by atoms with Gasteiger partial charge in [0.05, 0.1) is 12.8 Å². The molecule has 0 saturated carbocycles. The Morgan fingerprint density at radius 3 is 2.62 bits per heavy atom. The van der Waals surface area contributed by atoms with E-state index in [0.717, 1.165) is 18.5 Å². The van der Waals surface area contributed by atoms with Gasteiger partial charge in [0.2, 0.25) is 0 Å². The Kier molecular flexibility index (Phi) is 3.09. The topological polar surface area (TPSA) is 38.0 Å². The van der Waals surface area contributed by atoms with Crippen LogP contribution in [-0.4, -0.2) is 14.9 Å². The van der Waals surface area contributed by atoms with Crippen LogP contribution in [0.2, 0.25) is 0 Å². The van der Waals surface area contributed by atoms with Crippen molar-refractivity contribution in [2.45, 2.75) is 40.3 Å². The number of aromatic nitrogens is 2. The lowest BCUT2D eigenvalue weighted by atomic mass is 9.92. The van der Waals surface area contributed by atoms with Crippen molar-refractivity contribution in [1.29, 1.82) is 0 Å². The van der Waals surface area contributed by atoms with Crippen molar-refractivity contribution >= 4 is 0 Å². The van der Waals surface area contributed by atoms with E-state index in [-0.39, 0.29) is 6.61 Å². The molecule has 74 valence electrons. The molecule has 1 rings (SSSR count). The summed E-state index contributed by atoms with van der Waals surface area (Å²) < 4.78 is 1.89. The Morgan fingerprint density at radius 1 is 1.46 bits per heavy atom. The molecule has 0 fully saturated rings. The summed E-state index contributed by atoms with van der Waals surface area (Å²) in [5, 5.41) is 13.0. The minimum Gasteiger partial charge on any atom is -0.392 e. The first-order valence-corrected chi connectivity index (χ1v) is 4.63. The van der Waals surface area contributed by atoms with Crippen LogP contribution in [0, 0.1) is 5.41 Å². The van der Waals surface area contributed by atoms with Crippen molar-refractivity contribution in [3.63, 3.8) is 0 Å². The third kappa shape index (κ3) is 3.59. The monoisotopic (exact) mass is 182 g/mol. The Morgan fingerprint density at radius 2 is 2.15 bits per heavy atom. The molecule has 0 aliphatic rings. The van der Waals surface area contributed by atoms with Gasteiger partial charge in [-0.1, -0.05) is 20.8 Å². The van der Waals surface area contributed by atoms with Gasteiger partial charge >= 0.3 is 0 Å². The van der Waals surface area contributed by atoms with Crippen LogP contribution in [0.4, 0.5) is 0 Å². The van der Waals surface area contributed by atoms with Crippen LogP contribution in [0.1, 0.15) is 32.8 Å². The molecule has 1 N–H and O–H groups in total. The van der Waals surface area contributed by atoms with Crippen LogP contribution < -0.4 is 0 Å². The fourth-order valence-corrected chi connectivity index (χ4v) is 1.06. The summed E-state index contributed by atoms with van der Waals surface area (Å²) in [6, 6.07) is 0. The lowest BCUT2D eigenvalue weighted by Crippen LogP contribution is -2.10. The molecule has 1 aromatic rings. The normalized spacial score (nSPS) is 12.0. The molecule has 0 aromatic carbocycles. The van der Waals surface area contributed by atoms with Gasteiger partial charge in [0.25, 0.3) is 0 Å². The SMILES string of the molecule is CC(C)(C)CCn1cc(CO)cn1. The molecule has 3 heteroatoms. The van der Waals surface area contributed by atoms with E-state index in [1.807, 2.05) is 10.9 Å². The molecule has 0 radical (unpaired) electrons. The van der Waals surface area contributed by atoms with Crippen LogP contribution in [0.5, 0.6) is 0 Å². The van der Waals surface area contributed by atoms with Gasteiger partial charge in [-0.15, -0.1) is 0 Å². The van der Waals surface area contributed by atoms with Gasteiger partial charge < -0.3 is 5.11 Å². The summed E-state index contributed by atoms with van der Waals surface area (Å²) in [5.41, 5.74) is 1.22. The van der Waals surface area contributed by atoms with Crippen molar-refractivity contribution < 1.29 is 5.11 Å². The van der Waals surface area contributed by atoms with Gasteiger partial charge in [-0.3, -0.25) is 4.68 Å². The van der Waals surface area contributed by atoms with E-state index in [4.69, 9.17) is 5.11 Å². The fraction of sp³-hybridized carbons (Fsp3) is 0.700. The molecule has 13 heavy (non-hydrogen) atoms. The second-order valence-electron chi connectivity index (χ2n) is 4.58. The van der Waals surface area contributed by atoms with Gasteiger partial charge in [-0.05, 0) is 11.8 Å². The quantitative estimate of drug-likeness (QED) is 0.774. The summed E-state index contributed by atoms with van der Waals surface area (Å²) in [7, 11) is 0. The summed E-state index contributed by atoms with van der Waals surface area (Å²) in [4.78, 5) is 0. The third-order valence-corrected chi connectivity index (χ3v) is 1.96. The van der Waals surface area contributed by atoms with Crippen molar-refractivity contribution in [1.82, 2.24) is 9.78 Å². The Hall–Kier alpha value is -0.830. The van der Waals surface area contributed by atoms with E-state index in [1.54, 1.807) is 6.20 Å². The third-order valence-electron chi connectivity index (χ3n) is 1.96. The van der Waals surface area contributed by atoms with E-state index in [9.17, 15) is 0 Å². The van der Waals surface area contributed by atoms with Crippen LogP contribution in [0.3, 0.4) is 0 Å². The van der Waals surface area contributed by atoms with E-state index in [1.165, 1.54) is 0 Å². The van der Waals surface area contributed by atoms with Gasteiger partial charge in [0.1, 0.15) is 0 Å². The van der Waals surface area contributed by atoms with E-state index in [2.05, 4.69) is 25.9 Å². The molecule has 1 aromatic heterocycles. The van der Waals surface area contributed by atoms with Crippen LogP contribution >= 0.6 is 0 Å². The standard InChI is InChI=1S/C10H18N2O/c1-10(2,3)4-5-12-7-9(8-13)6-11-12/h6-7,13H,4-5,8H2,1-3H3. The van der Waals surface area contributed by atoms with Gasteiger partial charge in [0, 0.05) is 18.3 Å². The van der Waals surface area contributed by atoms with Crippen molar-refractivity contribution in [2.24, 2.45) is 5.41 Å². The van der Waals surface area contributed by atoms with Gasteiger partial charge in [0.15, 0.2) is 0 Å². The zero-order chi connectivity index (χ0) is 9.90. The number of rotatable bonds is 3. The molecular formula is C10H18N2O. The summed E-state index contributed by atoms with van der Waals surface area (Å²) in [5.74, 6) is 0. The number of aliphatic hydroxyl groups is 1. The Labute approximate surface area is 79.4 Å². The molecule has 0 saturated heterocycles. The number of aliphatic hydroxyl groups excluding tert-OH is 1. The molecule has 0 aliphatic carbocycles. The highest BCUT2D eigenvalue weighted by Gasteiger charge is 2.10. The second kappa shape index (κ2) is 3.92. The minimum atomic E-state index is 0.0789. The zero-order valence-electron chi connectivity index (χ0n) is 8.62. The molecule has 3 nitrogen and oxygen atoms in total. The van der Waals surface area contributed by atoms with E-state index < -0.39 is 0 Å². The highest BCUT2D eigenvalue weighted by molar-refractivity contribution is 5.01. The molecule has 1 heterocycles. The Bertz CT molecular complexity index is 260. The first-order valence-electron chi connectivity index (χ1n) is 4.63. The van der Waals surface area contributed by atoms with Crippen molar-refractivity contribution in [2.75, 3.05) is 0 Å². The summed E-state index contributed by atoms with van der Waals surface area (Å²) in [6.45, 7) is 7.63. The molecular weight excluding hydrogens is 164 g/mol. The fourth-order valence-electron chi connectivity index (χ4n) is 1.06. The zero-order valence-corrected chi connectivity index (χ0v) is 8.62. The highest BCUT2D eigenvalue weighted by Crippen LogP contribution is 2.19. The highest BCUT2D eigenvalue weighted by atomic mass is 16.3. The smallest absolute Gasteiger partial charge is 0.0712 e. The van der Waals surface area contributed by atoms with Crippen LogP contribution in [0.15, 0.2) is 12.4 Å². The van der Waals surface area contributed by atoms with E-state index >= 15 is 0 Å². The molecule has 0 unspecified atom stereocenters. The summed E-state index contributed by atoms with van der Waals surface area (Å²) in [6.07, 6.45) is 4.70. The number of aryl methyl sites for hydroxylation is 1. The molecule has 0 bridgehead atoms. The second-order valence-corrected chi connectivity index (χ2v) is 4.58. The maximum absolute atomic E-state index is 8.83. The van der Waals surface area contributed by atoms with Crippen molar-refractivity contribution in [3.8, 4) is 0 Å². The van der Waals surface area contributed by atoms with Crippen LogP contribution in [0.25, 0.3) is 0 Å². The average Bonchev–Trinajstić information content (AvgIpc) is 2.47.